The summed E-state index contributed by atoms with van der Waals surface area (Å²) in [5.41, 5.74) is 13.2. The van der Waals surface area contributed by atoms with E-state index in [2.05, 4.69) is 192 Å². The number of hydrogen-bond donors (Lipinski definition) is 0. The van der Waals surface area contributed by atoms with Crippen molar-refractivity contribution >= 4 is 38.9 Å². The van der Waals surface area contributed by atoms with Crippen LogP contribution in [0.5, 0.6) is 0 Å². The summed E-state index contributed by atoms with van der Waals surface area (Å²) in [6.07, 6.45) is 0. The van der Waals surface area contributed by atoms with Crippen LogP contribution in [0.15, 0.2) is 176 Å². The van der Waals surface area contributed by atoms with Gasteiger partial charge < -0.3 is 9.47 Å². The SMILES string of the molecule is Cn1c2ccccc2c2ccc(-c3ccc(-c4ccc(N(c5ccccc5)c5ccc(-c6ccccc6)cc5)cc4)cc3)cc21. The van der Waals surface area contributed by atoms with Crippen LogP contribution >= 0.6 is 0 Å². The lowest BCUT2D eigenvalue weighted by Crippen LogP contribution is -2.09. The number of aryl methyl sites for hydroxylation is 1. The van der Waals surface area contributed by atoms with Gasteiger partial charge >= 0.3 is 0 Å². The maximum Gasteiger partial charge on any atom is 0.0494 e. The third-order valence-electron chi connectivity index (χ3n) is 8.84. The second-order valence-corrected chi connectivity index (χ2v) is 11.5. The lowest BCUT2D eigenvalue weighted by atomic mass is 9.99. The lowest BCUT2D eigenvalue weighted by molar-refractivity contribution is 1.01. The van der Waals surface area contributed by atoms with Gasteiger partial charge in [0, 0.05) is 45.9 Å². The predicted molar refractivity (Wildman–Crippen MR) is 191 cm³/mol. The van der Waals surface area contributed by atoms with E-state index in [0.717, 1.165) is 17.1 Å². The topological polar surface area (TPSA) is 8.17 Å². The Morgan fingerprint density at radius 3 is 1.33 bits per heavy atom. The van der Waals surface area contributed by atoms with Crippen LogP contribution in [-0.4, -0.2) is 4.57 Å². The molecule has 0 radical (unpaired) electrons. The minimum Gasteiger partial charge on any atom is -0.344 e. The minimum absolute atomic E-state index is 1.12. The summed E-state index contributed by atoms with van der Waals surface area (Å²) in [6.45, 7) is 0. The van der Waals surface area contributed by atoms with Crippen LogP contribution < -0.4 is 4.90 Å². The zero-order valence-corrected chi connectivity index (χ0v) is 25.1. The molecule has 8 aromatic rings. The standard InChI is InChI=1S/C43H32N2/c1-44-42-15-9-8-14-40(42)41-29-24-36(30-43(41)44)35-18-16-32(17-19-35)34-22-27-39(28-23-34)45(37-12-6-3-7-13-37)38-25-20-33(21-26-38)31-10-4-2-5-11-31/h2-30H,1H3. The third-order valence-corrected chi connectivity index (χ3v) is 8.84. The molecule has 1 aromatic heterocycles. The van der Waals surface area contributed by atoms with Crippen molar-refractivity contribution in [2.24, 2.45) is 7.05 Å². The lowest BCUT2D eigenvalue weighted by Gasteiger charge is -2.26. The van der Waals surface area contributed by atoms with E-state index >= 15 is 0 Å². The zero-order chi connectivity index (χ0) is 30.2. The van der Waals surface area contributed by atoms with Gasteiger partial charge in [-0.3, -0.25) is 0 Å². The number of fused-ring (bicyclic) bond motifs is 3. The molecule has 8 rings (SSSR count). The first kappa shape index (κ1) is 26.7. The Kier molecular flexibility index (Phi) is 6.73. The number of para-hydroxylation sites is 2. The molecule has 214 valence electrons. The summed E-state index contributed by atoms with van der Waals surface area (Å²) in [6, 6.07) is 63.1. The molecule has 0 aliphatic heterocycles. The minimum atomic E-state index is 1.12. The van der Waals surface area contributed by atoms with E-state index in [0.29, 0.717) is 0 Å². The van der Waals surface area contributed by atoms with Gasteiger partial charge in [0.15, 0.2) is 0 Å². The van der Waals surface area contributed by atoms with Gasteiger partial charge in [0.1, 0.15) is 0 Å². The Hall–Kier alpha value is -5.86. The molecule has 2 heteroatoms. The first-order valence-electron chi connectivity index (χ1n) is 15.4. The zero-order valence-electron chi connectivity index (χ0n) is 25.1. The molecule has 45 heavy (non-hydrogen) atoms. The van der Waals surface area contributed by atoms with Crippen molar-refractivity contribution in [1.29, 1.82) is 0 Å². The third kappa shape index (κ3) is 4.97. The molecule has 0 unspecified atom stereocenters. The number of hydrogen-bond acceptors (Lipinski definition) is 1. The average Bonchev–Trinajstić information content (AvgIpc) is 3.41. The second-order valence-electron chi connectivity index (χ2n) is 11.5. The quantitative estimate of drug-likeness (QED) is 0.191. The van der Waals surface area contributed by atoms with E-state index in [9.17, 15) is 0 Å². The van der Waals surface area contributed by atoms with Crippen molar-refractivity contribution < 1.29 is 0 Å². The summed E-state index contributed by atoms with van der Waals surface area (Å²) >= 11 is 0. The predicted octanol–water partition coefficient (Wildman–Crippen LogP) is 11.8. The van der Waals surface area contributed by atoms with E-state index in [1.165, 1.54) is 55.2 Å². The summed E-state index contributed by atoms with van der Waals surface area (Å²) < 4.78 is 2.29. The molecule has 2 nitrogen and oxygen atoms in total. The Labute approximate surface area is 264 Å². The van der Waals surface area contributed by atoms with Crippen molar-refractivity contribution in [3.05, 3.63) is 176 Å². The first-order chi connectivity index (χ1) is 22.2. The maximum absolute atomic E-state index is 2.31. The fourth-order valence-electron chi connectivity index (χ4n) is 6.46. The summed E-state index contributed by atoms with van der Waals surface area (Å²) in [7, 11) is 2.15. The molecular weight excluding hydrogens is 544 g/mol. The molecule has 0 saturated heterocycles. The van der Waals surface area contributed by atoms with Crippen LogP contribution in [0, 0.1) is 0 Å². The Morgan fingerprint density at radius 2 is 0.733 bits per heavy atom. The molecular formula is C43H32N2. The Bertz CT molecular complexity index is 2230. The van der Waals surface area contributed by atoms with Gasteiger partial charge in [-0.2, -0.15) is 0 Å². The van der Waals surface area contributed by atoms with E-state index in [1.807, 2.05) is 0 Å². The van der Waals surface area contributed by atoms with Crippen molar-refractivity contribution in [2.45, 2.75) is 0 Å². The van der Waals surface area contributed by atoms with Gasteiger partial charge in [-0.05, 0) is 81.9 Å². The van der Waals surface area contributed by atoms with Gasteiger partial charge in [-0.1, -0.05) is 127 Å². The van der Waals surface area contributed by atoms with Crippen LogP contribution in [0.3, 0.4) is 0 Å². The molecule has 0 spiro atoms. The van der Waals surface area contributed by atoms with Crippen LogP contribution in [0.1, 0.15) is 0 Å². The number of nitrogens with zero attached hydrogens (tertiary/aromatic N) is 2. The van der Waals surface area contributed by atoms with Crippen molar-refractivity contribution in [3.8, 4) is 33.4 Å². The molecule has 0 N–H and O–H groups in total. The highest BCUT2D eigenvalue weighted by Gasteiger charge is 2.13. The van der Waals surface area contributed by atoms with Gasteiger partial charge in [0.25, 0.3) is 0 Å². The van der Waals surface area contributed by atoms with Crippen molar-refractivity contribution in [3.63, 3.8) is 0 Å². The molecule has 0 saturated carbocycles. The summed E-state index contributed by atoms with van der Waals surface area (Å²) in [5, 5.41) is 2.60. The molecule has 7 aromatic carbocycles. The Balaban J connectivity index is 1.08. The monoisotopic (exact) mass is 576 g/mol. The highest BCUT2D eigenvalue weighted by atomic mass is 15.1. The average molecular weight is 577 g/mol. The smallest absolute Gasteiger partial charge is 0.0494 e. The highest BCUT2D eigenvalue weighted by molar-refractivity contribution is 6.09. The van der Waals surface area contributed by atoms with Gasteiger partial charge in [-0.15, -0.1) is 0 Å². The number of benzene rings is 7. The van der Waals surface area contributed by atoms with E-state index in [-0.39, 0.29) is 0 Å². The van der Waals surface area contributed by atoms with Gasteiger partial charge in [0.2, 0.25) is 0 Å². The molecule has 0 amide bonds. The second kappa shape index (κ2) is 11.3. The fourth-order valence-corrected chi connectivity index (χ4v) is 6.46. The molecule has 0 bridgehead atoms. The van der Waals surface area contributed by atoms with Crippen LogP contribution in [0.4, 0.5) is 17.1 Å². The molecule has 1 heterocycles. The van der Waals surface area contributed by atoms with Crippen molar-refractivity contribution in [2.75, 3.05) is 4.90 Å². The van der Waals surface area contributed by atoms with Gasteiger partial charge in [-0.25, -0.2) is 0 Å². The molecule has 0 atom stereocenters. The maximum atomic E-state index is 2.31. The van der Waals surface area contributed by atoms with Crippen LogP contribution in [0.25, 0.3) is 55.2 Å². The first-order valence-corrected chi connectivity index (χ1v) is 15.4. The summed E-state index contributed by atoms with van der Waals surface area (Å²) in [4.78, 5) is 2.31. The normalized spacial score (nSPS) is 11.2. The van der Waals surface area contributed by atoms with E-state index < -0.39 is 0 Å². The molecule has 0 aliphatic rings. The van der Waals surface area contributed by atoms with E-state index in [4.69, 9.17) is 0 Å². The molecule has 0 aliphatic carbocycles. The highest BCUT2D eigenvalue weighted by Crippen LogP contribution is 2.37. The summed E-state index contributed by atoms with van der Waals surface area (Å²) in [5.74, 6) is 0. The number of rotatable bonds is 6. The van der Waals surface area contributed by atoms with Gasteiger partial charge in [0.05, 0.1) is 0 Å². The number of aromatic nitrogens is 1. The van der Waals surface area contributed by atoms with Crippen molar-refractivity contribution in [1.82, 2.24) is 4.57 Å². The molecule has 0 fully saturated rings. The van der Waals surface area contributed by atoms with Crippen LogP contribution in [-0.2, 0) is 7.05 Å². The fraction of sp³-hybridized carbons (Fsp3) is 0.0233. The largest absolute Gasteiger partial charge is 0.344 e. The Morgan fingerprint density at radius 1 is 0.333 bits per heavy atom. The van der Waals surface area contributed by atoms with Crippen LogP contribution in [0.2, 0.25) is 0 Å². The number of anilines is 3. The van der Waals surface area contributed by atoms with E-state index in [1.54, 1.807) is 0 Å².